The monoisotopic (exact) mass is 357 g/mol. The molecule has 0 bridgehead atoms. The zero-order valence-electron chi connectivity index (χ0n) is 14.5. The number of fused-ring (bicyclic) bond motifs is 1. The predicted molar refractivity (Wildman–Crippen MR) is 93.8 cm³/mol. The molecule has 0 saturated carbocycles. The molecule has 0 unspecified atom stereocenters. The third-order valence-electron chi connectivity index (χ3n) is 4.46. The summed E-state index contributed by atoms with van der Waals surface area (Å²) in [6.07, 6.45) is 3.36. The van der Waals surface area contributed by atoms with Gasteiger partial charge in [0.2, 0.25) is 0 Å². The topological polar surface area (TPSA) is 64.8 Å². The number of piperidine rings is 1. The molecule has 0 spiro atoms. The zero-order valence-corrected chi connectivity index (χ0v) is 14.5. The predicted octanol–water partition coefficient (Wildman–Crippen LogP) is 2.46. The first-order valence-corrected chi connectivity index (χ1v) is 8.58. The van der Waals surface area contributed by atoms with Crippen LogP contribution in [-0.2, 0) is 11.3 Å². The number of aromatic nitrogens is 4. The molecular formula is C18H20FN5O2. The summed E-state index contributed by atoms with van der Waals surface area (Å²) in [6, 6.07) is 8.16. The van der Waals surface area contributed by atoms with Gasteiger partial charge in [0.25, 0.3) is 5.78 Å². The number of hydrogen-bond acceptors (Lipinski definition) is 6. The standard InChI is InChI=1S/C18H20FN5O2/c1-25-11-14-10-17(24-18(22-14)20-12-21-24)23-8-6-16(7-9-23)26-15-4-2-13(19)3-5-15/h2-5,10,12,16H,6-9,11H2,1H3. The van der Waals surface area contributed by atoms with Crippen LogP contribution in [0.4, 0.5) is 10.2 Å². The average molecular weight is 357 g/mol. The van der Waals surface area contributed by atoms with Crippen molar-refractivity contribution in [2.24, 2.45) is 0 Å². The van der Waals surface area contributed by atoms with E-state index in [0.29, 0.717) is 18.1 Å². The molecule has 1 fully saturated rings. The fourth-order valence-corrected chi connectivity index (χ4v) is 3.20. The number of benzene rings is 1. The van der Waals surface area contributed by atoms with E-state index < -0.39 is 0 Å². The highest BCUT2D eigenvalue weighted by atomic mass is 19.1. The molecule has 0 radical (unpaired) electrons. The molecule has 136 valence electrons. The first-order chi connectivity index (χ1) is 12.7. The Hall–Kier alpha value is -2.74. The highest BCUT2D eigenvalue weighted by molar-refractivity contribution is 5.47. The van der Waals surface area contributed by atoms with Crippen molar-refractivity contribution in [2.45, 2.75) is 25.6 Å². The molecular weight excluding hydrogens is 337 g/mol. The van der Waals surface area contributed by atoms with Crippen LogP contribution in [0.1, 0.15) is 18.5 Å². The van der Waals surface area contributed by atoms with Crippen molar-refractivity contribution in [3.8, 4) is 5.75 Å². The maximum absolute atomic E-state index is 13.0. The normalized spacial score (nSPS) is 15.5. The molecule has 1 aliphatic heterocycles. The Balaban J connectivity index is 1.46. The lowest BCUT2D eigenvalue weighted by Crippen LogP contribution is -2.39. The van der Waals surface area contributed by atoms with Crippen LogP contribution in [0.3, 0.4) is 0 Å². The third kappa shape index (κ3) is 3.45. The number of ether oxygens (including phenoxy) is 2. The Morgan fingerprint density at radius 3 is 2.69 bits per heavy atom. The van der Waals surface area contributed by atoms with Gasteiger partial charge in [-0.15, -0.1) is 0 Å². The fraction of sp³-hybridized carbons (Fsp3) is 0.389. The van der Waals surface area contributed by atoms with Gasteiger partial charge in [0.1, 0.15) is 29.8 Å². The van der Waals surface area contributed by atoms with Gasteiger partial charge in [0, 0.05) is 39.1 Å². The molecule has 0 atom stereocenters. The highest BCUT2D eigenvalue weighted by Gasteiger charge is 2.23. The molecule has 26 heavy (non-hydrogen) atoms. The van der Waals surface area contributed by atoms with Gasteiger partial charge in [-0.05, 0) is 24.3 Å². The fourth-order valence-electron chi connectivity index (χ4n) is 3.20. The van der Waals surface area contributed by atoms with Gasteiger partial charge in [-0.25, -0.2) is 9.37 Å². The molecule has 0 amide bonds. The van der Waals surface area contributed by atoms with Gasteiger partial charge in [-0.2, -0.15) is 14.6 Å². The molecule has 3 heterocycles. The van der Waals surface area contributed by atoms with Gasteiger partial charge in [-0.1, -0.05) is 0 Å². The smallest absolute Gasteiger partial charge is 0.254 e. The maximum Gasteiger partial charge on any atom is 0.254 e. The molecule has 8 heteroatoms. The van der Waals surface area contributed by atoms with E-state index in [1.165, 1.54) is 18.5 Å². The molecule has 1 saturated heterocycles. The van der Waals surface area contributed by atoms with E-state index in [1.807, 2.05) is 6.07 Å². The van der Waals surface area contributed by atoms with Crippen LogP contribution in [-0.4, -0.2) is 45.9 Å². The quantitative estimate of drug-likeness (QED) is 0.699. The van der Waals surface area contributed by atoms with Gasteiger partial charge in [0.05, 0.1) is 12.3 Å². The van der Waals surface area contributed by atoms with Crippen molar-refractivity contribution >= 4 is 11.6 Å². The minimum absolute atomic E-state index is 0.114. The summed E-state index contributed by atoms with van der Waals surface area (Å²) in [5.41, 5.74) is 0.827. The van der Waals surface area contributed by atoms with Crippen LogP contribution in [0.15, 0.2) is 36.7 Å². The van der Waals surface area contributed by atoms with Gasteiger partial charge >= 0.3 is 0 Å². The van der Waals surface area contributed by atoms with Crippen LogP contribution in [0.5, 0.6) is 5.75 Å². The van der Waals surface area contributed by atoms with Crippen molar-refractivity contribution in [2.75, 3.05) is 25.1 Å². The second-order valence-corrected chi connectivity index (χ2v) is 6.27. The summed E-state index contributed by atoms with van der Waals surface area (Å²) in [5, 5.41) is 4.28. The molecule has 4 rings (SSSR count). The van der Waals surface area contributed by atoms with Crippen molar-refractivity contribution in [1.82, 2.24) is 19.6 Å². The Kier molecular flexibility index (Phi) is 4.66. The van der Waals surface area contributed by atoms with E-state index >= 15 is 0 Å². The summed E-state index contributed by atoms with van der Waals surface area (Å²) < 4.78 is 25.9. The van der Waals surface area contributed by atoms with Crippen LogP contribution < -0.4 is 9.64 Å². The Bertz CT molecular complexity index is 875. The summed E-state index contributed by atoms with van der Waals surface area (Å²) in [5.74, 6) is 1.97. The molecule has 1 aliphatic rings. The van der Waals surface area contributed by atoms with Crippen LogP contribution in [0.2, 0.25) is 0 Å². The van der Waals surface area contributed by atoms with Crippen molar-refractivity contribution in [3.63, 3.8) is 0 Å². The molecule has 7 nitrogen and oxygen atoms in total. The minimum atomic E-state index is -0.256. The SMILES string of the molecule is COCc1cc(N2CCC(Oc3ccc(F)cc3)CC2)n2ncnc2n1. The molecule has 1 aromatic carbocycles. The summed E-state index contributed by atoms with van der Waals surface area (Å²) in [4.78, 5) is 10.9. The van der Waals surface area contributed by atoms with Gasteiger partial charge in [-0.3, -0.25) is 0 Å². The largest absolute Gasteiger partial charge is 0.490 e. The molecule has 3 aromatic rings. The number of rotatable bonds is 5. The van der Waals surface area contributed by atoms with Crippen molar-refractivity contribution in [1.29, 1.82) is 0 Å². The van der Waals surface area contributed by atoms with Crippen molar-refractivity contribution in [3.05, 3.63) is 48.2 Å². The Labute approximate surface area is 150 Å². The van der Waals surface area contributed by atoms with Crippen molar-refractivity contribution < 1.29 is 13.9 Å². The zero-order chi connectivity index (χ0) is 17.9. The van der Waals surface area contributed by atoms with E-state index in [4.69, 9.17) is 9.47 Å². The molecule has 0 N–H and O–H groups in total. The number of methoxy groups -OCH3 is 1. The van der Waals surface area contributed by atoms with E-state index in [-0.39, 0.29) is 11.9 Å². The second-order valence-electron chi connectivity index (χ2n) is 6.27. The lowest BCUT2D eigenvalue weighted by molar-refractivity contribution is 0.170. The molecule has 2 aromatic heterocycles. The lowest BCUT2D eigenvalue weighted by Gasteiger charge is -2.33. The van der Waals surface area contributed by atoms with Crippen LogP contribution in [0, 0.1) is 5.82 Å². The number of anilines is 1. The Morgan fingerprint density at radius 2 is 1.96 bits per heavy atom. The summed E-state index contributed by atoms with van der Waals surface area (Å²) >= 11 is 0. The lowest BCUT2D eigenvalue weighted by atomic mass is 10.1. The van der Waals surface area contributed by atoms with E-state index in [9.17, 15) is 4.39 Å². The minimum Gasteiger partial charge on any atom is -0.490 e. The third-order valence-corrected chi connectivity index (χ3v) is 4.46. The number of halogens is 1. The average Bonchev–Trinajstić information content (AvgIpc) is 3.13. The summed E-state index contributed by atoms with van der Waals surface area (Å²) in [6.45, 7) is 2.09. The summed E-state index contributed by atoms with van der Waals surface area (Å²) in [7, 11) is 1.65. The highest BCUT2D eigenvalue weighted by Crippen LogP contribution is 2.24. The number of hydrogen-bond donors (Lipinski definition) is 0. The van der Waals surface area contributed by atoms with Crippen LogP contribution in [0.25, 0.3) is 5.78 Å². The van der Waals surface area contributed by atoms with E-state index in [2.05, 4.69) is 20.0 Å². The van der Waals surface area contributed by atoms with E-state index in [0.717, 1.165) is 37.4 Å². The second kappa shape index (κ2) is 7.25. The first-order valence-electron chi connectivity index (χ1n) is 8.58. The van der Waals surface area contributed by atoms with Crippen LogP contribution >= 0.6 is 0 Å². The van der Waals surface area contributed by atoms with Gasteiger partial charge in [0.15, 0.2) is 0 Å². The maximum atomic E-state index is 13.0. The van der Waals surface area contributed by atoms with E-state index in [1.54, 1.807) is 23.8 Å². The Morgan fingerprint density at radius 1 is 1.19 bits per heavy atom. The number of nitrogens with zero attached hydrogens (tertiary/aromatic N) is 5. The first kappa shape index (κ1) is 16.7. The van der Waals surface area contributed by atoms with Gasteiger partial charge < -0.3 is 14.4 Å². The molecule has 0 aliphatic carbocycles.